The van der Waals surface area contributed by atoms with Crippen LogP contribution in [0.1, 0.15) is 35.7 Å². The van der Waals surface area contributed by atoms with Crippen LogP contribution in [-0.2, 0) is 13.0 Å². The van der Waals surface area contributed by atoms with Crippen LogP contribution in [0.25, 0.3) is 0 Å². The second-order valence-electron chi connectivity index (χ2n) is 4.69. The van der Waals surface area contributed by atoms with E-state index < -0.39 is 0 Å². The van der Waals surface area contributed by atoms with Gasteiger partial charge in [-0.25, -0.2) is 0 Å². The number of aromatic nitrogens is 3. The van der Waals surface area contributed by atoms with E-state index in [9.17, 15) is 0 Å². The average Bonchev–Trinajstić information content (AvgIpc) is 2.79. The Labute approximate surface area is 107 Å². The minimum absolute atomic E-state index is 0.177. The zero-order valence-corrected chi connectivity index (χ0v) is 10.8. The molecule has 0 saturated carbocycles. The molecule has 0 fully saturated rings. The van der Waals surface area contributed by atoms with Crippen molar-refractivity contribution < 1.29 is 0 Å². The quantitative estimate of drug-likeness (QED) is 0.874. The molecule has 0 radical (unpaired) electrons. The lowest BCUT2D eigenvalue weighted by Crippen LogP contribution is -2.32. The van der Waals surface area contributed by atoms with Crippen LogP contribution in [0.5, 0.6) is 0 Å². The van der Waals surface area contributed by atoms with E-state index in [1.165, 1.54) is 11.1 Å². The second kappa shape index (κ2) is 4.53. The van der Waals surface area contributed by atoms with Gasteiger partial charge in [0.25, 0.3) is 0 Å². The summed E-state index contributed by atoms with van der Waals surface area (Å²) in [7, 11) is 0. The predicted octanol–water partition coefficient (Wildman–Crippen LogP) is 1.84. The maximum atomic E-state index is 4.36. The van der Waals surface area contributed by atoms with Gasteiger partial charge in [0.15, 0.2) is 5.82 Å². The summed E-state index contributed by atoms with van der Waals surface area (Å²) in [5, 5.41) is 12.1. The smallest absolute Gasteiger partial charge is 0.154 e. The van der Waals surface area contributed by atoms with Gasteiger partial charge in [0.05, 0.1) is 6.04 Å². The summed E-state index contributed by atoms with van der Waals surface area (Å²) < 4.78 is 2.18. The van der Waals surface area contributed by atoms with E-state index in [4.69, 9.17) is 0 Å². The molecular formula is C14H18N4. The van der Waals surface area contributed by atoms with Crippen LogP contribution in [0, 0.1) is 6.92 Å². The molecule has 94 valence electrons. The van der Waals surface area contributed by atoms with E-state index in [0.717, 1.165) is 31.2 Å². The van der Waals surface area contributed by atoms with E-state index in [1.54, 1.807) is 0 Å². The van der Waals surface area contributed by atoms with Crippen LogP contribution in [0.15, 0.2) is 24.3 Å². The molecular weight excluding hydrogens is 224 g/mol. The van der Waals surface area contributed by atoms with Gasteiger partial charge >= 0.3 is 0 Å². The molecule has 1 aromatic heterocycles. The lowest BCUT2D eigenvalue weighted by atomic mass is 9.94. The molecule has 4 heteroatoms. The van der Waals surface area contributed by atoms with E-state index >= 15 is 0 Å². The molecule has 0 spiro atoms. The lowest BCUT2D eigenvalue weighted by molar-refractivity contribution is 0.515. The summed E-state index contributed by atoms with van der Waals surface area (Å²) in [6.45, 7) is 6.05. The van der Waals surface area contributed by atoms with E-state index in [1.807, 2.05) is 6.92 Å². The van der Waals surface area contributed by atoms with Crippen molar-refractivity contribution in [3.63, 3.8) is 0 Å². The molecule has 2 heterocycles. The van der Waals surface area contributed by atoms with Gasteiger partial charge in [0, 0.05) is 13.1 Å². The third-order valence-electron chi connectivity index (χ3n) is 3.65. The molecule has 1 unspecified atom stereocenters. The summed E-state index contributed by atoms with van der Waals surface area (Å²) in [6, 6.07) is 8.78. The average molecular weight is 242 g/mol. The summed E-state index contributed by atoms with van der Waals surface area (Å²) in [4.78, 5) is 0. The predicted molar refractivity (Wildman–Crippen MR) is 70.4 cm³/mol. The van der Waals surface area contributed by atoms with Crippen molar-refractivity contribution in [1.82, 2.24) is 20.1 Å². The molecule has 1 atom stereocenters. The van der Waals surface area contributed by atoms with Crippen LogP contribution < -0.4 is 5.32 Å². The zero-order chi connectivity index (χ0) is 12.5. The van der Waals surface area contributed by atoms with Crippen molar-refractivity contribution in [3.8, 4) is 0 Å². The third-order valence-corrected chi connectivity index (χ3v) is 3.65. The highest BCUT2D eigenvalue weighted by molar-refractivity contribution is 5.36. The number of nitrogens with one attached hydrogen (secondary N) is 1. The van der Waals surface area contributed by atoms with Crippen molar-refractivity contribution in [1.29, 1.82) is 0 Å². The van der Waals surface area contributed by atoms with E-state index in [2.05, 4.69) is 51.3 Å². The van der Waals surface area contributed by atoms with E-state index in [-0.39, 0.29) is 6.04 Å². The van der Waals surface area contributed by atoms with Crippen molar-refractivity contribution in [2.45, 2.75) is 32.9 Å². The number of aryl methyl sites for hydroxylation is 1. The van der Waals surface area contributed by atoms with Crippen LogP contribution in [0.3, 0.4) is 0 Å². The van der Waals surface area contributed by atoms with Gasteiger partial charge in [-0.15, -0.1) is 10.2 Å². The van der Waals surface area contributed by atoms with Gasteiger partial charge in [-0.05, 0) is 31.4 Å². The molecule has 0 amide bonds. The molecule has 1 aliphatic heterocycles. The number of hydrogen-bond donors (Lipinski definition) is 1. The van der Waals surface area contributed by atoms with Gasteiger partial charge in [-0.2, -0.15) is 0 Å². The van der Waals surface area contributed by atoms with Crippen molar-refractivity contribution in [2.24, 2.45) is 0 Å². The lowest BCUT2D eigenvalue weighted by Gasteiger charge is -2.26. The molecule has 0 saturated heterocycles. The Hall–Kier alpha value is -1.68. The molecule has 3 rings (SSSR count). The SMILES string of the molecule is CCn1c(C)nnc1C1NCCc2ccccc21. The Morgan fingerprint density at radius 1 is 1.33 bits per heavy atom. The van der Waals surface area contributed by atoms with Crippen molar-refractivity contribution in [2.75, 3.05) is 6.54 Å². The number of hydrogen-bond acceptors (Lipinski definition) is 3. The third kappa shape index (κ3) is 1.73. The highest BCUT2D eigenvalue weighted by atomic mass is 15.3. The first-order chi connectivity index (χ1) is 8.81. The maximum Gasteiger partial charge on any atom is 0.154 e. The Bertz CT molecular complexity index is 559. The Morgan fingerprint density at radius 2 is 2.17 bits per heavy atom. The summed E-state index contributed by atoms with van der Waals surface area (Å²) >= 11 is 0. The summed E-state index contributed by atoms with van der Waals surface area (Å²) in [6.07, 6.45) is 1.09. The van der Waals surface area contributed by atoms with Crippen LogP contribution >= 0.6 is 0 Å². The Morgan fingerprint density at radius 3 is 3.00 bits per heavy atom. The van der Waals surface area contributed by atoms with Crippen LogP contribution in [0.4, 0.5) is 0 Å². The van der Waals surface area contributed by atoms with Gasteiger partial charge in [-0.3, -0.25) is 0 Å². The molecule has 1 N–H and O–H groups in total. The van der Waals surface area contributed by atoms with Gasteiger partial charge in [-0.1, -0.05) is 24.3 Å². The minimum atomic E-state index is 0.177. The fraction of sp³-hybridized carbons (Fsp3) is 0.429. The molecule has 2 aromatic rings. The largest absolute Gasteiger partial charge is 0.314 e. The molecule has 0 bridgehead atoms. The number of fused-ring (bicyclic) bond motifs is 1. The highest BCUT2D eigenvalue weighted by Gasteiger charge is 2.25. The molecule has 1 aliphatic rings. The van der Waals surface area contributed by atoms with Crippen LogP contribution in [0.2, 0.25) is 0 Å². The molecule has 4 nitrogen and oxygen atoms in total. The van der Waals surface area contributed by atoms with Gasteiger partial charge in [0.2, 0.25) is 0 Å². The fourth-order valence-corrected chi connectivity index (χ4v) is 2.74. The second-order valence-corrected chi connectivity index (χ2v) is 4.69. The monoisotopic (exact) mass is 242 g/mol. The first kappa shape index (κ1) is 11.4. The van der Waals surface area contributed by atoms with Crippen LogP contribution in [-0.4, -0.2) is 21.3 Å². The Kier molecular flexibility index (Phi) is 2.88. The number of nitrogens with zero attached hydrogens (tertiary/aromatic N) is 3. The first-order valence-corrected chi connectivity index (χ1v) is 6.52. The highest BCUT2D eigenvalue weighted by Crippen LogP contribution is 2.27. The van der Waals surface area contributed by atoms with E-state index in [0.29, 0.717) is 0 Å². The van der Waals surface area contributed by atoms with Crippen molar-refractivity contribution in [3.05, 3.63) is 47.0 Å². The fourth-order valence-electron chi connectivity index (χ4n) is 2.74. The molecule has 18 heavy (non-hydrogen) atoms. The molecule has 1 aromatic carbocycles. The Balaban J connectivity index is 2.08. The molecule has 0 aliphatic carbocycles. The van der Waals surface area contributed by atoms with Gasteiger partial charge < -0.3 is 9.88 Å². The topological polar surface area (TPSA) is 42.7 Å². The maximum absolute atomic E-state index is 4.36. The number of benzene rings is 1. The zero-order valence-electron chi connectivity index (χ0n) is 10.8. The van der Waals surface area contributed by atoms with Gasteiger partial charge in [0.1, 0.15) is 5.82 Å². The normalized spacial score (nSPS) is 18.7. The minimum Gasteiger partial charge on any atom is -0.314 e. The number of rotatable bonds is 2. The standard InChI is InChI=1S/C14H18N4/c1-3-18-10(2)16-17-14(18)13-12-7-5-4-6-11(12)8-9-15-13/h4-7,13,15H,3,8-9H2,1-2H3. The van der Waals surface area contributed by atoms with Crippen molar-refractivity contribution >= 4 is 0 Å². The summed E-state index contributed by atoms with van der Waals surface area (Å²) in [5.41, 5.74) is 2.76. The summed E-state index contributed by atoms with van der Waals surface area (Å²) in [5.74, 6) is 2.01. The first-order valence-electron chi connectivity index (χ1n) is 6.52.